The van der Waals surface area contributed by atoms with Gasteiger partial charge in [0.25, 0.3) is 0 Å². The molecule has 0 aliphatic heterocycles. The molecular weight excluding hydrogens is 600 g/mol. The summed E-state index contributed by atoms with van der Waals surface area (Å²) in [5, 5.41) is 0. The van der Waals surface area contributed by atoms with Crippen LogP contribution >= 0.6 is 0 Å². The molecule has 0 saturated carbocycles. The molecule has 7 rings (SSSR count). The highest BCUT2D eigenvalue weighted by atomic mass is 16.5. The molecule has 0 unspecified atom stereocenters. The Labute approximate surface area is 277 Å². The number of esters is 2. The number of hydrogen-bond donors (Lipinski definition) is 2. The van der Waals surface area contributed by atoms with Gasteiger partial charge in [-0.1, -0.05) is 146 Å². The molecule has 2 heterocycles. The number of carbonyl (C=O) groups excluding carboxylic acids is 2. The summed E-state index contributed by atoms with van der Waals surface area (Å²) in [5.41, 5.74) is 6.20. The molecule has 2 aromatic heterocycles. The zero-order valence-corrected chi connectivity index (χ0v) is 25.8. The van der Waals surface area contributed by atoms with Crippen molar-refractivity contribution in [2.24, 2.45) is 0 Å². The number of imidazole rings is 2. The fraction of sp³-hybridized carbons (Fsp3) is 0.0500. The Kier molecular flexibility index (Phi) is 8.69. The molecule has 2 N–H and O–H groups in total. The predicted molar refractivity (Wildman–Crippen MR) is 184 cm³/mol. The summed E-state index contributed by atoms with van der Waals surface area (Å²) >= 11 is 0. The van der Waals surface area contributed by atoms with Gasteiger partial charge < -0.3 is 19.4 Å². The van der Waals surface area contributed by atoms with Gasteiger partial charge in [-0.25, -0.2) is 0 Å². The second-order valence-electron chi connectivity index (χ2n) is 11.1. The van der Waals surface area contributed by atoms with Gasteiger partial charge >= 0.3 is 11.9 Å². The molecule has 8 heteroatoms. The minimum absolute atomic E-state index is 0.0302. The van der Waals surface area contributed by atoms with E-state index in [-0.39, 0.29) is 24.6 Å². The summed E-state index contributed by atoms with van der Waals surface area (Å²) < 4.78 is 11.6. The van der Waals surface area contributed by atoms with E-state index in [0.29, 0.717) is 23.0 Å². The van der Waals surface area contributed by atoms with E-state index in [1.165, 1.54) is 0 Å². The SMILES string of the molecule is O=C(Cc1ccc(CC(=O)Oc2nc(-c3ccccc3)[nH]c2-c2ccccc2)cc1)Oc1nc(-c2ccccc2)[nH]c1-c1ccccc1. The first kappa shape index (κ1) is 30.1. The van der Waals surface area contributed by atoms with Crippen molar-refractivity contribution in [2.45, 2.75) is 12.8 Å². The number of nitrogens with one attached hydrogen (secondary N) is 2. The molecule has 7 aromatic rings. The van der Waals surface area contributed by atoms with Crippen LogP contribution in [0.2, 0.25) is 0 Å². The van der Waals surface area contributed by atoms with Gasteiger partial charge in [0.1, 0.15) is 23.0 Å². The summed E-state index contributed by atoms with van der Waals surface area (Å²) in [6.45, 7) is 0. The lowest BCUT2D eigenvalue weighted by atomic mass is 10.1. The van der Waals surface area contributed by atoms with Crippen LogP contribution < -0.4 is 9.47 Å². The van der Waals surface area contributed by atoms with Crippen molar-refractivity contribution in [2.75, 3.05) is 0 Å². The summed E-state index contributed by atoms with van der Waals surface area (Å²) in [4.78, 5) is 42.0. The normalized spacial score (nSPS) is 10.8. The van der Waals surface area contributed by atoms with Crippen molar-refractivity contribution in [1.82, 2.24) is 19.9 Å². The summed E-state index contributed by atoms with van der Waals surface area (Å²) in [5.74, 6) is 0.741. The highest BCUT2D eigenvalue weighted by molar-refractivity contribution is 5.80. The number of benzene rings is 5. The van der Waals surface area contributed by atoms with Crippen molar-refractivity contribution in [1.29, 1.82) is 0 Å². The van der Waals surface area contributed by atoms with Crippen LogP contribution in [0.5, 0.6) is 11.8 Å². The van der Waals surface area contributed by atoms with Gasteiger partial charge in [-0.05, 0) is 11.1 Å². The van der Waals surface area contributed by atoms with Crippen LogP contribution in [0.4, 0.5) is 0 Å². The van der Waals surface area contributed by atoms with Gasteiger partial charge in [0, 0.05) is 22.3 Å². The Bertz CT molecular complexity index is 1990. The van der Waals surface area contributed by atoms with E-state index in [2.05, 4.69) is 19.9 Å². The van der Waals surface area contributed by atoms with Crippen LogP contribution in [0.1, 0.15) is 11.1 Å². The van der Waals surface area contributed by atoms with Crippen LogP contribution in [-0.2, 0) is 22.4 Å². The maximum atomic E-state index is 13.1. The van der Waals surface area contributed by atoms with Crippen LogP contribution in [0.25, 0.3) is 45.3 Å². The van der Waals surface area contributed by atoms with Gasteiger partial charge in [0.05, 0.1) is 12.8 Å². The van der Waals surface area contributed by atoms with E-state index in [1.54, 1.807) is 24.3 Å². The molecule has 0 aliphatic carbocycles. The molecule has 5 aromatic carbocycles. The Morgan fingerprint density at radius 1 is 0.438 bits per heavy atom. The third-order valence-corrected chi connectivity index (χ3v) is 7.70. The molecule has 0 atom stereocenters. The summed E-state index contributed by atoms with van der Waals surface area (Å²) in [6, 6.07) is 45.8. The van der Waals surface area contributed by atoms with Crippen LogP contribution in [0.3, 0.4) is 0 Å². The number of aromatic nitrogens is 4. The number of H-pyrrole nitrogens is 2. The average molecular weight is 631 g/mol. The third kappa shape index (κ3) is 6.98. The molecular formula is C40H30N4O4. The number of nitrogens with zero attached hydrogens (tertiary/aromatic N) is 2. The zero-order valence-electron chi connectivity index (χ0n) is 25.8. The van der Waals surface area contributed by atoms with E-state index in [4.69, 9.17) is 9.47 Å². The number of carbonyl (C=O) groups is 2. The van der Waals surface area contributed by atoms with E-state index in [0.717, 1.165) is 33.4 Å². The molecule has 0 bridgehead atoms. The summed E-state index contributed by atoms with van der Waals surface area (Å²) in [6.07, 6.45) is 0.0604. The van der Waals surface area contributed by atoms with Gasteiger partial charge in [-0.15, -0.1) is 0 Å². The smallest absolute Gasteiger partial charge is 0.317 e. The molecule has 0 spiro atoms. The number of hydrogen-bond acceptors (Lipinski definition) is 6. The maximum absolute atomic E-state index is 13.1. The molecule has 8 nitrogen and oxygen atoms in total. The minimum atomic E-state index is -0.452. The van der Waals surface area contributed by atoms with E-state index in [9.17, 15) is 9.59 Å². The van der Waals surface area contributed by atoms with Crippen molar-refractivity contribution < 1.29 is 19.1 Å². The Hall–Kier alpha value is -6.54. The minimum Gasteiger partial charge on any atom is -0.405 e. The maximum Gasteiger partial charge on any atom is 0.317 e. The lowest BCUT2D eigenvalue weighted by Gasteiger charge is -2.07. The third-order valence-electron chi connectivity index (χ3n) is 7.70. The molecule has 0 fully saturated rings. The average Bonchev–Trinajstić information content (AvgIpc) is 3.75. The Morgan fingerprint density at radius 2 is 0.750 bits per heavy atom. The fourth-order valence-corrected chi connectivity index (χ4v) is 5.32. The lowest BCUT2D eigenvalue weighted by Crippen LogP contribution is -2.13. The quantitative estimate of drug-likeness (QED) is 0.148. The monoisotopic (exact) mass is 630 g/mol. The standard InChI is InChI=1S/C40H30N4O4/c45-33(47-39-35(29-13-5-1-6-14-29)41-37(43-39)31-17-9-3-10-18-31)25-27-21-23-28(24-22-27)26-34(46)48-40-36(30-15-7-2-8-16-30)42-38(44-40)32-19-11-4-12-20-32/h1-24H,25-26H2,(H,41,43)(H,42,44). The molecule has 0 amide bonds. The van der Waals surface area contributed by atoms with Gasteiger partial charge in [0.15, 0.2) is 0 Å². The van der Waals surface area contributed by atoms with E-state index >= 15 is 0 Å². The van der Waals surface area contributed by atoms with Crippen molar-refractivity contribution in [3.05, 3.63) is 157 Å². The highest BCUT2D eigenvalue weighted by Crippen LogP contribution is 2.33. The molecule has 48 heavy (non-hydrogen) atoms. The zero-order chi connectivity index (χ0) is 32.7. The lowest BCUT2D eigenvalue weighted by molar-refractivity contribution is -0.134. The largest absolute Gasteiger partial charge is 0.405 e. The molecule has 0 radical (unpaired) electrons. The first-order valence-corrected chi connectivity index (χ1v) is 15.5. The van der Waals surface area contributed by atoms with Gasteiger partial charge in [-0.3, -0.25) is 9.59 Å². The fourth-order valence-electron chi connectivity index (χ4n) is 5.32. The second kappa shape index (κ2) is 13.8. The highest BCUT2D eigenvalue weighted by Gasteiger charge is 2.20. The van der Waals surface area contributed by atoms with Crippen molar-refractivity contribution in [3.8, 4) is 57.1 Å². The second-order valence-corrected chi connectivity index (χ2v) is 11.1. The topological polar surface area (TPSA) is 110 Å². The van der Waals surface area contributed by atoms with E-state index in [1.807, 2.05) is 121 Å². The first-order chi connectivity index (χ1) is 23.6. The molecule has 234 valence electrons. The van der Waals surface area contributed by atoms with Crippen LogP contribution in [0, 0.1) is 0 Å². The Morgan fingerprint density at radius 3 is 1.08 bits per heavy atom. The van der Waals surface area contributed by atoms with Crippen molar-refractivity contribution in [3.63, 3.8) is 0 Å². The summed E-state index contributed by atoms with van der Waals surface area (Å²) in [7, 11) is 0. The number of ether oxygens (including phenoxy) is 2. The number of rotatable bonds is 10. The van der Waals surface area contributed by atoms with Gasteiger partial charge in [0.2, 0.25) is 11.8 Å². The van der Waals surface area contributed by atoms with E-state index < -0.39 is 11.9 Å². The number of aromatic amines is 2. The Balaban J connectivity index is 1.02. The molecule has 0 aliphatic rings. The first-order valence-electron chi connectivity index (χ1n) is 15.5. The van der Waals surface area contributed by atoms with Gasteiger partial charge in [-0.2, -0.15) is 9.97 Å². The van der Waals surface area contributed by atoms with Crippen LogP contribution in [-0.4, -0.2) is 31.9 Å². The van der Waals surface area contributed by atoms with Crippen molar-refractivity contribution >= 4 is 11.9 Å². The van der Waals surface area contributed by atoms with Crippen LogP contribution in [0.15, 0.2) is 146 Å². The molecule has 0 saturated heterocycles. The predicted octanol–water partition coefficient (Wildman–Crippen LogP) is 8.10.